The summed E-state index contributed by atoms with van der Waals surface area (Å²) < 4.78 is 42.0. The quantitative estimate of drug-likeness (QED) is 0.648. The maximum Gasteiger partial charge on any atom is 0.390 e. The molecule has 2 rings (SSSR count). The van der Waals surface area contributed by atoms with Gasteiger partial charge in [-0.2, -0.15) is 13.2 Å². The summed E-state index contributed by atoms with van der Waals surface area (Å²) in [5.74, 6) is 1.31. The Balaban J connectivity index is 1.86. The molecule has 1 heterocycles. The number of nitrogens with one attached hydrogen (secondary N) is 2. The number of nitrogens with zero attached hydrogens (tertiary/aromatic N) is 2. The van der Waals surface area contributed by atoms with Crippen molar-refractivity contribution in [1.29, 1.82) is 0 Å². The smallest absolute Gasteiger partial charge is 0.390 e. The number of aliphatic imine (C=N–C) groups is 1. The zero-order valence-electron chi connectivity index (χ0n) is 13.4. The molecule has 130 valence electrons. The van der Waals surface area contributed by atoms with Crippen molar-refractivity contribution in [2.24, 2.45) is 4.99 Å². The molecule has 0 unspecified atom stereocenters. The van der Waals surface area contributed by atoms with E-state index in [0.29, 0.717) is 11.7 Å². The first-order chi connectivity index (χ1) is 11.4. The van der Waals surface area contributed by atoms with Crippen molar-refractivity contribution in [1.82, 2.24) is 15.6 Å². The molecule has 0 atom stereocenters. The van der Waals surface area contributed by atoms with Gasteiger partial charge in [-0.25, -0.2) is 4.98 Å². The van der Waals surface area contributed by atoms with Gasteiger partial charge < -0.3 is 15.1 Å². The number of aromatic nitrogens is 1. The molecule has 0 fully saturated rings. The van der Waals surface area contributed by atoms with E-state index >= 15 is 0 Å². The Morgan fingerprint density at radius 3 is 2.54 bits per heavy atom. The Labute approximate surface area is 138 Å². The Morgan fingerprint density at radius 2 is 1.92 bits per heavy atom. The Kier molecular flexibility index (Phi) is 5.83. The number of alkyl halides is 3. The lowest BCUT2D eigenvalue weighted by Gasteiger charge is -2.11. The van der Waals surface area contributed by atoms with E-state index in [1.165, 1.54) is 7.05 Å². The zero-order valence-corrected chi connectivity index (χ0v) is 13.4. The van der Waals surface area contributed by atoms with Gasteiger partial charge in [0.25, 0.3) is 0 Å². The first kappa shape index (κ1) is 17.8. The predicted molar refractivity (Wildman–Crippen MR) is 85.5 cm³/mol. The first-order valence-electron chi connectivity index (χ1n) is 7.40. The van der Waals surface area contributed by atoms with Gasteiger partial charge >= 0.3 is 6.18 Å². The van der Waals surface area contributed by atoms with Crippen molar-refractivity contribution in [3.8, 4) is 11.3 Å². The molecule has 2 aromatic rings. The van der Waals surface area contributed by atoms with E-state index in [1.54, 1.807) is 6.20 Å². The minimum absolute atomic E-state index is 0.220. The predicted octanol–water partition coefficient (Wildman–Crippen LogP) is 3.27. The fraction of sp³-hybridized carbons (Fsp3) is 0.375. The number of halogens is 3. The van der Waals surface area contributed by atoms with Crippen LogP contribution < -0.4 is 10.6 Å². The molecule has 0 aliphatic rings. The third kappa shape index (κ3) is 5.60. The lowest BCUT2D eigenvalue weighted by molar-refractivity contribution is -0.132. The summed E-state index contributed by atoms with van der Waals surface area (Å²) in [4.78, 5) is 8.00. The molecular weight excluding hydrogens is 321 g/mol. The van der Waals surface area contributed by atoms with E-state index < -0.39 is 12.6 Å². The molecule has 1 aromatic carbocycles. The van der Waals surface area contributed by atoms with Crippen LogP contribution in [-0.4, -0.2) is 30.7 Å². The third-order valence-corrected chi connectivity index (χ3v) is 3.22. The lowest BCUT2D eigenvalue weighted by atomic mass is 10.1. The van der Waals surface area contributed by atoms with Crippen LogP contribution in [0.5, 0.6) is 0 Å². The summed E-state index contributed by atoms with van der Waals surface area (Å²) in [6.45, 7) is 1.97. The topological polar surface area (TPSA) is 62.5 Å². The summed E-state index contributed by atoms with van der Waals surface area (Å²) in [5.41, 5.74) is 2.06. The van der Waals surface area contributed by atoms with Crippen LogP contribution in [0.4, 0.5) is 13.2 Å². The molecule has 0 saturated carbocycles. The minimum Gasteiger partial charge on any atom is -0.439 e. The van der Waals surface area contributed by atoms with E-state index in [0.717, 1.165) is 11.1 Å². The van der Waals surface area contributed by atoms with Crippen LogP contribution in [0.2, 0.25) is 0 Å². The fourth-order valence-corrected chi connectivity index (χ4v) is 1.95. The van der Waals surface area contributed by atoms with Crippen molar-refractivity contribution in [3.05, 3.63) is 41.9 Å². The molecular formula is C16H19F3N4O. The molecule has 0 aliphatic heterocycles. The van der Waals surface area contributed by atoms with Crippen LogP contribution in [-0.2, 0) is 6.54 Å². The number of rotatable bonds is 5. The summed E-state index contributed by atoms with van der Waals surface area (Å²) in [6, 6.07) is 7.82. The summed E-state index contributed by atoms with van der Waals surface area (Å²) in [6.07, 6.45) is -3.51. The Morgan fingerprint density at radius 1 is 1.21 bits per heavy atom. The van der Waals surface area contributed by atoms with Crippen LogP contribution in [0.15, 0.2) is 39.9 Å². The molecule has 0 amide bonds. The maximum atomic E-state index is 12.1. The summed E-state index contributed by atoms with van der Waals surface area (Å²) in [7, 11) is 1.48. The zero-order chi connectivity index (χ0) is 17.6. The number of benzene rings is 1. The van der Waals surface area contributed by atoms with Gasteiger partial charge in [0, 0.05) is 19.2 Å². The maximum absolute atomic E-state index is 12.1. The molecule has 0 bridgehead atoms. The van der Waals surface area contributed by atoms with E-state index in [-0.39, 0.29) is 19.0 Å². The average molecular weight is 340 g/mol. The van der Waals surface area contributed by atoms with E-state index in [4.69, 9.17) is 4.42 Å². The normalized spacial score (nSPS) is 12.3. The van der Waals surface area contributed by atoms with E-state index in [9.17, 15) is 13.2 Å². The van der Waals surface area contributed by atoms with Crippen LogP contribution in [0.25, 0.3) is 11.3 Å². The minimum atomic E-state index is -4.20. The van der Waals surface area contributed by atoms with Gasteiger partial charge in [0.1, 0.15) is 0 Å². The largest absolute Gasteiger partial charge is 0.439 e. The van der Waals surface area contributed by atoms with Gasteiger partial charge in [0.2, 0.25) is 5.89 Å². The standard InChI is InChI=1S/C16H19F3N4O/c1-11-3-5-12(6-4-11)13-9-22-14(24-13)10-23-15(20-2)21-8-7-16(17,18)19/h3-6,9H,7-8,10H2,1-2H3,(H2,20,21,23). The lowest BCUT2D eigenvalue weighted by Crippen LogP contribution is -2.38. The van der Waals surface area contributed by atoms with Gasteiger partial charge in [-0.05, 0) is 6.92 Å². The van der Waals surface area contributed by atoms with Crippen molar-refractivity contribution < 1.29 is 17.6 Å². The van der Waals surface area contributed by atoms with Crippen molar-refractivity contribution in [3.63, 3.8) is 0 Å². The van der Waals surface area contributed by atoms with Crippen molar-refractivity contribution >= 4 is 5.96 Å². The number of guanidine groups is 1. The molecule has 0 aliphatic carbocycles. The average Bonchev–Trinajstić information content (AvgIpc) is 2.99. The van der Waals surface area contributed by atoms with Crippen LogP contribution in [0, 0.1) is 6.92 Å². The van der Waals surface area contributed by atoms with Gasteiger partial charge in [-0.3, -0.25) is 4.99 Å². The number of aryl methyl sites for hydroxylation is 1. The molecule has 0 spiro atoms. The number of oxazole rings is 1. The summed E-state index contributed by atoms with van der Waals surface area (Å²) >= 11 is 0. The van der Waals surface area contributed by atoms with E-state index in [1.807, 2.05) is 31.2 Å². The highest BCUT2D eigenvalue weighted by atomic mass is 19.4. The van der Waals surface area contributed by atoms with Gasteiger partial charge in [-0.15, -0.1) is 0 Å². The molecule has 0 radical (unpaired) electrons. The Bertz CT molecular complexity index is 677. The van der Waals surface area contributed by atoms with Gasteiger partial charge in [0.15, 0.2) is 11.7 Å². The van der Waals surface area contributed by atoms with Crippen molar-refractivity contribution in [2.75, 3.05) is 13.6 Å². The van der Waals surface area contributed by atoms with Crippen molar-refractivity contribution in [2.45, 2.75) is 26.1 Å². The third-order valence-electron chi connectivity index (χ3n) is 3.22. The second kappa shape index (κ2) is 7.85. The SMILES string of the molecule is CN=C(NCCC(F)(F)F)NCc1ncc(-c2ccc(C)cc2)o1. The summed E-state index contributed by atoms with van der Waals surface area (Å²) in [5, 5.41) is 5.45. The molecule has 5 nitrogen and oxygen atoms in total. The number of hydrogen-bond donors (Lipinski definition) is 2. The fourth-order valence-electron chi connectivity index (χ4n) is 1.95. The second-order valence-corrected chi connectivity index (χ2v) is 5.20. The second-order valence-electron chi connectivity index (χ2n) is 5.20. The highest BCUT2D eigenvalue weighted by Crippen LogP contribution is 2.20. The molecule has 1 aromatic heterocycles. The highest BCUT2D eigenvalue weighted by molar-refractivity contribution is 5.79. The van der Waals surface area contributed by atoms with Crippen LogP contribution >= 0.6 is 0 Å². The van der Waals surface area contributed by atoms with Crippen LogP contribution in [0.1, 0.15) is 17.9 Å². The van der Waals surface area contributed by atoms with Gasteiger partial charge in [-0.1, -0.05) is 29.8 Å². The van der Waals surface area contributed by atoms with E-state index in [2.05, 4.69) is 20.6 Å². The molecule has 2 N–H and O–H groups in total. The molecule has 0 saturated heterocycles. The van der Waals surface area contributed by atoms with Gasteiger partial charge in [0.05, 0.1) is 19.2 Å². The molecule has 24 heavy (non-hydrogen) atoms. The van der Waals surface area contributed by atoms with Crippen LogP contribution in [0.3, 0.4) is 0 Å². The first-order valence-corrected chi connectivity index (χ1v) is 7.40. The Hall–Kier alpha value is -2.51. The highest BCUT2D eigenvalue weighted by Gasteiger charge is 2.26. The number of hydrogen-bond acceptors (Lipinski definition) is 3. The molecule has 8 heteroatoms. The monoisotopic (exact) mass is 340 g/mol.